The van der Waals surface area contributed by atoms with Crippen LogP contribution < -0.4 is 14.8 Å². The number of hydrogen-bond acceptors (Lipinski definition) is 5. The van der Waals surface area contributed by atoms with Gasteiger partial charge in [-0.15, -0.1) is 0 Å². The normalized spacial score (nSPS) is 10.2. The van der Waals surface area contributed by atoms with Crippen LogP contribution in [0.15, 0.2) is 48.5 Å². The van der Waals surface area contributed by atoms with E-state index in [4.69, 9.17) is 4.74 Å². The molecule has 1 amide bonds. The van der Waals surface area contributed by atoms with Crippen molar-refractivity contribution >= 4 is 17.6 Å². The predicted molar refractivity (Wildman–Crippen MR) is 85.0 cm³/mol. The Morgan fingerprint density at radius 3 is 2.52 bits per heavy atom. The van der Waals surface area contributed by atoms with Crippen LogP contribution in [0.4, 0.5) is 14.5 Å². The molecule has 0 aliphatic heterocycles. The van der Waals surface area contributed by atoms with Crippen molar-refractivity contribution in [3.63, 3.8) is 0 Å². The minimum Gasteiger partial charge on any atom is -0.482 e. The molecular formula is C17H15F2NO5. The number of esters is 1. The Kier molecular flexibility index (Phi) is 6.27. The van der Waals surface area contributed by atoms with Gasteiger partial charge in [-0.05, 0) is 30.3 Å². The summed E-state index contributed by atoms with van der Waals surface area (Å²) in [5.41, 5.74) is 0.562. The summed E-state index contributed by atoms with van der Waals surface area (Å²) < 4.78 is 38.4. The molecule has 132 valence electrons. The highest BCUT2D eigenvalue weighted by atomic mass is 19.3. The van der Waals surface area contributed by atoms with E-state index in [1.54, 1.807) is 18.2 Å². The smallest absolute Gasteiger partial charge is 0.387 e. The zero-order chi connectivity index (χ0) is 18.2. The molecule has 0 bridgehead atoms. The molecule has 0 radical (unpaired) electrons. The number of halogens is 2. The van der Waals surface area contributed by atoms with E-state index in [1.165, 1.54) is 37.4 Å². The van der Waals surface area contributed by atoms with E-state index in [0.717, 1.165) is 0 Å². The number of nitrogens with one attached hydrogen (secondary N) is 1. The molecule has 0 aliphatic carbocycles. The van der Waals surface area contributed by atoms with Crippen LogP contribution in [0.2, 0.25) is 0 Å². The molecule has 1 N–H and O–H groups in total. The van der Waals surface area contributed by atoms with Gasteiger partial charge in [-0.25, -0.2) is 4.79 Å². The standard InChI is InChI=1S/C17H15F2NO5/c1-23-15(21)10-24-13-6-3-5-12(9-13)20-16(22)11-4-2-7-14(8-11)25-17(18)19/h2-9,17H,10H2,1H3,(H,20,22). The van der Waals surface area contributed by atoms with Gasteiger partial charge in [0.1, 0.15) is 11.5 Å². The fraction of sp³-hybridized carbons (Fsp3) is 0.176. The van der Waals surface area contributed by atoms with Crippen LogP contribution in [0.25, 0.3) is 0 Å². The fourth-order valence-corrected chi connectivity index (χ4v) is 1.88. The number of hydrogen-bond donors (Lipinski definition) is 1. The average Bonchev–Trinajstić information content (AvgIpc) is 2.59. The molecule has 0 saturated carbocycles. The Labute approximate surface area is 142 Å². The number of alkyl halides is 2. The first-order chi connectivity index (χ1) is 12.0. The van der Waals surface area contributed by atoms with Gasteiger partial charge in [0.2, 0.25) is 0 Å². The minimum atomic E-state index is -2.97. The lowest BCUT2D eigenvalue weighted by molar-refractivity contribution is -0.142. The molecule has 2 aromatic rings. The third-order valence-electron chi connectivity index (χ3n) is 3.00. The number of amides is 1. The van der Waals surface area contributed by atoms with Crippen LogP contribution in [0.1, 0.15) is 10.4 Å². The molecule has 0 atom stereocenters. The predicted octanol–water partition coefficient (Wildman–Crippen LogP) is 3.09. The second kappa shape index (κ2) is 8.62. The maximum Gasteiger partial charge on any atom is 0.387 e. The Morgan fingerprint density at radius 2 is 1.80 bits per heavy atom. The van der Waals surface area contributed by atoms with Gasteiger partial charge >= 0.3 is 12.6 Å². The Morgan fingerprint density at radius 1 is 1.08 bits per heavy atom. The first kappa shape index (κ1) is 18.2. The van der Waals surface area contributed by atoms with Gasteiger partial charge in [-0.3, -0.25) is 4.79 Å². The Bertz CT molecular complexity index is 751. The highest BCUT2D eigenvalue weighted by Gasteiger charge is 2.10. The zero-order valence-corrected chi connectivity index (χ0v) is 13.2. The minimum absolute atomic E-state index is 0.113. The fourth-order valence-electron chi connectivity index (χ4n) is 1.88. The Balaban J connectivity index is 2.04. The van der Waals surface area contributed by atoms with Gasteiger partial charge < -0.3 is 19.5 Å². The maximum absolute atomic E-state index is 12.2. The average molecular weight is 351 g/mol. The maximum atomic E-state index is 12.2. The zero-order valence-electron chi connectivity index (χ0n) is 13.2. The lowest BCUT2D eigenvalue weighted by Crippen LogP contribution is -2.14. The van der Waals surface area contributed by atoms with Crippen molar-refractivity contribution in [1.82, 2.24) is 0 Å². The van der Waals surface area contributed by atoms with E-state index < -0.39 is 18.5 Å². The van der Waals surface area contributed by atoms with Crippen molar-refractivity contribution in [2.75, 3.05) is 19.0 Å². The summed E-state index contributed by atoms with van der Waals surface area (Å²) >= 11 is 0. The molecule has 25 heavy (non-hydrogen) atoms. The molecule has 0 heterocycles. The van der Waals surface area contributed by atoms with Crippen molar-refractivity contribution in [3.8, 4) is 11.5 Å². The monoisotopic (exact) mass is 351 g/mol. The van der Waals surface area contributed by atoms with E-state index in [1.807, 2.05) is 0 Å². The van der Waals surface area contributed by atoms with Crippen LogP contribution >= 0.6 is 0 Å². The highest BCUT2D eigenvalue weighted by molar-refractivity contribution is 6.04. The summed E-state index contributed by atoms with van der Waals surface area (Å²) in [6.45, 7) is -3.23. The summed E-state index contributed by atoms with van der Waals surface area (Å²) in [5.74, 6) is -0.800. The lowest BCUT2D eigenvalue weighted by Gasteiger charge is -2.10. The van der Waals surface area contributed by atoms with Crippen molar-refractivity contribution in [2.24, 2.45) is 0 Å². The van der Waals surface area contributed by atoms with E-state index >= 15 is 0 Å². The van der Waals surface area contributed by atoms with Gasteiger partial charge in [-0.2, -0.15) is 8.78 Å². The summed E-state index contributed by atoms with van der Waals surface area (Å²) in [6.07, 6.45) is 0. The summed E-state index contributed by atoms with van der Waals surface area (Å²) in [5, 5.41) is 2.60. The molecule has 0 aliphatic rings. The van der Waals surface area contributed by atoms with E-state index in [9.17, 15) is 18.4 Å². The molecule has 0 unspecified atom stereocenters. The van der Waals surface area contributed by atoms with Crippen molar-refractivity contribution < 1.29 is 32.6 Å². The van der Waals surface area contributed by atoms with E-state index in [0.29, 0.717) is 11.4 Å². The second-order valence-corrected chi connectivity index (χ2v) is 4.75. The number of methoxy groups -OCH3 is 1. The summed E-state index contributed by atoms with van der Waals surface area (Å²) in [6, 6.07) is 11.8. The molecule has 2 rings (SSSR count). The first-order valence-corrected chi connectivity index (χ1v) is 7.14. The number of anilines is 1. The highest BCUT2D eigenvalue weighted by Crippen LogP contribution is 2.20. The van der Waals surface area contributed by atoms with Crippen LogP contribution in [0, 0.1) is 0 Å². The van der Waals surface area contributed by atoms with Gasteiger partial charge in [0.05, 0.1) is 7.11 Å². The van der Waals surface area contributed by atoms with Crippen molar-refractivity contribution in [2.45, 2.75) is 6.61 Å². The number of rotatable bonds is 7. The molecule has 0 spiro atoms. The molecule has 2 aromatic carbocycles. The quantitative estimate of drug-likeness (QED) is 0.776. The van der Waals surface area contributed by atoms with E-state index in [2.05, 4.69) is 14.8 Å². The number of carbonyl (C=O) groups is 2. The number of ether oxygens (including phenoxy) is 3. The van der Waals surface area contributed by atoms with Crippen LogP contribution in [0.5, 0.6) is 11.5 Å². The van der Waals surface area contributed by atoms with Crippen molar-refractivity contribution in [1.29, 1.82) is 0 Å². The van der Waals surface area contributed by atoms with E-state index in [-0.39, 0.29) is 17.9 Å². The van der Waals surface area contributed by atoms with Gasteiger partial charge in [-0.1, -0.05) is 12.1 Å². The number of carbonyl (C=O) groups excluding carboxylic acids is 2. The van der Waals surface area contributed by atoms with Gasteiger partial charge in [0.25, 0.3) is 5.91 Å². The molecular weight excluding hydrogens is 336 g/mol. The first-order valence-electron chi connectivity index (χ1n) is 7.14. The van der Waals surface area contributed by atoms with Crippen LogP contribution in [-0.2, 0) is 9.53 Å². The Hall–Kier alpha value is -3.16. The topological polar surface area (TPSA) is 73.9 Å². The SMILES string of the molecule is COC(=O)COc1cccc(NC(=O)c2cccc(OC(F)F)c2)c1. The van der Waals surface area contributed by atoms with Crippen LogP contribution in [-0.4, -0.2) is 32.2 Å². The molecule has 6 nitrogen and oxygen atoms in total. The largest absolute Gasteiger partial charge is 0.482 e. The molecule has 8 heteroatoms. The third-order valence-corrected chi connectivity index (χ3v) is 3.00. The third kappa shape index (κ3) is 5.76. The lowest BCUT2D eigenvalue weighted by atomic mass is 10.2. The number of benzene rings is 2. The second-order valence-electron chi connectivity index (χ2n) is 4.75. The van der Waals surface area contributed by atoms with Gasteiger partial charge in [0, 0.05) is 17.3 Å². The molecule has 0 fully saturated rings. The van der Waals surface area contributed by atoms with Gasteiger partial charge in [0.15, 0.2) is 6.61 Å². The summed E-state index contributed by atoms with van der Waals surface area (Å²) in [4.78, 5) is 23.3. The molecule has 0 saturated heterocycles. The van der Waals surface area contributed by atoms with Crippen LogP contribution in [0.3, 0.4) is 0 Å². The molecule has 0 aromatic heterocycles. The van der Waals surface area contributed by atoms with Crippen molar-refractivity contribution in [3.05, 3.63) is 54.1 Å². The summed E-state index contributed by atoms with van der Waals surface area (Å²) in [7, 11) is 1.24.